The van der Waals surface area contributed by atoms with Gasteiger partial charge in [-0.1, -0.05) is 12.1 Å². The highest BCUT2D eigenvalue weighted by Crippen LogP contribution is 2.31. The minimum Gasteiger partial charge on any atom is -0.356 e. The summed E-state index contributed by atoms with van der Waals surface area (Å²) in [5, 5.41) is 6.36. The molecule has 0 aliphatic heterocycles. The van der Waals surface area contributed by atoms with Gasteiger partial charge in [0.1, 0.15) is 6.33 Å². The predicted molar refractivity (Wildman–Crippen MR) is 77.5 cm³/mol. The Kier molecular flexibility index (Phi) is 3.51. The first kappa shape index (κ1) is 15.0. The van der Waals surface area contributed by atoms with E-state index in [9.17, 15) is 18.0 Å². The summed E-state index contributed by atoms with van der Waals surface area (Å²) in [7, 11) is 1.67. The monoisotopic (exact) mass is 320 g/mol. The van der Waals surface area contributed by atoms with Crippen LogP contribution in [0.15, 0.2) is 47.8 Å². The Bertz CT molecular complexity index is 898. The summed E-state index contributed by atoms with van der Waals surface area (Å²) in [6.07, 6.45) is -0.134. The van der Waals surface area contributed by atoms with E-state index in [1.54, 1.807) is 11.6 Å². The first-order valence-corrected chi connectivity index (χ1v) is 6.60. The lowest BCUT2D eigenvalue weighted by molar-refractivity contribution is -0.137. The number of hydrogen-bond donors (Lipinski definition) is 1. The van der Waals surface area contributed by atoms with Crippen molar-refractivity contribution < 1.29 is 13.2 Å². The first-order valence-electron chi connectivity index (χ1n) is 6.60. The summed E-state index contributed by atoms with van der Waals surface area (Å²) in [6.45, 7) is 0. The van der Waals surface area contributed by atoms with Gasteiger partial charge < -0.3 is 4.57 Å². The van der Waals surface area contributed by atoms with Crippen LogP contribution in [0.4, 0.5) is 13.2 Å². The fourth-order valence-electron chi connectivity index (χ4n) is 2.27. The van der Waals surface area contributed by atoms with Crippen molar-refractivity contribution in [2.45, 2.75) is 6.18 Å². The highest BCUT2D eigenvalue weighted by atomic mass is 19.4. The molecule has 0 bridgehead atoms. The lowest BCUT2D eigenvalue weighted by atomic mass is 10.0. The van der Waals surface area contributed by atoms with Crippen LogP contribution in [0.1, 0.15) is 5.56 Å². The Morgan fingerprint density at radius 2 is 1.91 bits per heavy atom. The van der Waals surface area contributed by atoms with Crippen molar-refractivity contribution >= 4 is 0 Å². The van der Waals surface area contributed by atoms with Crippen molar-refractivity contribution in [3.05, 3.63) is 58.8 Å². The largest absolute Gasteiger partial charge is 0.416 e. The number of aryl methyl sites for hydroxylation is 1. The van der Waals surface area contributed by atoms with Crippen molar-refractivity contribution in [3.8, 4) is 22.5 Å². The summed E-state index contributed by atoms with van der Waals surface area (Å²) in [6, 6.07) is 4.66. The van der Waals surface area contributed by atoms with E-state index in [1.165, 1.54) is 30.9 Å². The summed E-state index contributed by atoms with van der Waals surface area (Å²) >= 11 is 0. The molecular weight excluding hydrogens is 309 g/mol. The number of alkyl halides is 3. The molecular formula is C15H11F3N4O. The van der Waals surface area contributed by atoms with Crippen molar-refractivity contribution in [2.75, 3.05) is 0 Å². The molecule has 0 fully saturated rings. The average molecular weight is 320 g/mol. The van der Waals surface area contributed by atoms with Crippen LogP contribution in [-0.2, 0) is 13.2 Å². The van der Waals surface area contributed by atoms with E-state index in [4.69, 9.17) is 0 Å². The zero-order chi connectivity index (χ0) is 16.6. The molecule has 0 spiro atoms. The van der Waals surface area contributed by atoms with Gasteiger partial charge in [0.25, 0.3) is 0 Å². The summed E-state index contributed by atoms with van der Waals surface area (Å²) in [4.78, 5) is 16.5. The normalized spacial score (nSPS) is 11.7. The molecule has 8 heteroatoms. The smallest absolute Gasteiger partial charge is 0.356 e. The molecule has 3 rings (SSSR count). The molecule has 0 amide bonds. The Hall–Kier alpha value is -2.90. The topological polar surface area (TPSA) is 63.6 Å². The van der Waals surface area contributed by atoms with Crippen LogP contribution in [0.2, 0.25) is 0 Å². The lowest BCUT2D eigenvalue weighted by Gasteiger charge is -2.10. The maximum atomic E-state index is 12.9. The van der Waals surface area contributed by atoms with Gasteiger partial charge in [-0.2, -0.15) is 18.3 Å². The van der Waals surface area contributed by atoms with Crippen LogP contribution in [0.25, 0.3) is 22.5 Å². The minimum absolute atomic E-state index is 0.154. The van der Waals surface area contributed by atoms with Gasteiger partial charge >= 0.3 is 6.18 Å². The predicted octanol–water partition coefficient (Wildman–Crippen LogP) is 2.86. The van der Waals surface area contributed by atoms with Gasteiger partial charge in [-0.05, 0) is 17.7 Å². The van der Waals surface area contributed by atoms with Crippen molar-refractivity contribution in [2.24, 2.45) is 7.05 Å². The van der Waals surface area contributed by atoms with Crippen molar-refractivity contribution in [1.29, 1.82) is 0 Å². The molecule has 0 aliphatic rings. The fraction of sp³-hybridized carbons (Fsp3) is 0.133. The Morgan fingerprint density at radius 1 is 1.17 bits per heavy atom. The molecule has 0 saturated carbocycles. The van der Waals surface area contributed by atoms with E-state index < -0.39 is 17.2 Å². The third-order valence-corrected chi connectivity index (χ3v) is 3.31. The van der Waals surface area contributed by atoms with Crippen LogP contribution >= 0.6 is 0 Å². The van der Waals surface area contributed by atoms with Gasteiger partial charge in [-0.25, -0.2) is 4.98 Å². The van der Waals surface area contributed by atoms with Crippen LogP contribution in [0, 0.1) is 0 Å². The van der Waals surface area contributed by atoms with Gasteiger partial charge in [0.05, 0.1) is 11.1 Å². The zero-order valence-electron chi connectivity index (χ0n) is 11.9. The Balaban J connectivity index is 2.20. The first-order chi connectivity index (χ1) is 10.9. The number of aromatic amines is 1. The highest BCUT2D eigenvalue weighted by Gasteiger charge is 2.30. The third-order valence-electron chi connectivity index (χ3n) is 3.31. The maximum absolute atomic E-state index is 12.9. The summed E-state index contributed by atoms with van der Waals surface area (Å²) < 4.78 is 40.2. The molecule has 2 heterocycles. The van der Waals surface area contributed by atoms with Gasteiger partial charge in [0.15, 0.2) is 11.3 Å². The number of H-pyrrole nitrogens is 1. The van der Waals surface area contributed by atoms with Crippen molar-refractivity contribution in [1.82, 2.24) is 19.7 Å². The average Bonchev–Trinajstić information content (AvgIpc) is 3.02. The summed E-state index contributed by atoms with van der Waals surface area (Å²) in [5.41, 5.74) is -0.676. The molecule has 0 unspecified atom stereocenters. The van der Waals surface area contributed by atoms with E-state index in [0.717, 1.165) is 12.1 Å². The van der Waals surface area contributed by atoms with E-state index in [-0.39, 0.29) is 22.5 Å². The van der Waals surface area contributed by atoms with Gasteiger partial charge in [0, 0.05) is 25.0 Å². The van der Waals surface area contributed by atoms with Gasteiger partial charge in [-0.15, -0.1) is 0 Å². The molecule has 0 radical (unpaired) electrons. The highest BCUT2D eigenvalue weighted by molar-refractivity contribution is 5.69. The van der Waals surface area contributed by atoms with E-state index in [1.807, 2.05) is 0 Å². The summed E-state index contributed by atoms with van der Waals surface area (Å²) in [5.74, 6) is 0.194. The fourth-order valence-corrected chi connectivity index (χ4v) is 2.27. The number of hydrogen-bond acceptors (Lipinski definition) is 3. The number of rotatable bonds is 2. The molecule has 5 nitrogen and oxygen atoms in total. The third kappa shape index (κ3) is 2.87. The number of aromatic nitrogens is 4. The lowest BCUT2D eigenvalue weighted by Crippen LogP contribution is -2.13. The van der Waals surface area contributed by atoms with Crippen LogP contribution in [0.5, 0.6) is 0 Å². The second kappa shape index (κ2) is 5.38. The van der Waals surface area contributed by atoms with Crippen molar-refractivity contribution in [3.63, 3.8) is 0 Å². The molecule has 1 N–H and O–H groups in total. The van der Waals surface area contributed by atoms with E-state index in [0.29, 0.717) is 0 Å². The molecule has 3 aromatic rings. The molecule has 1 aromatic carbocycles. The van der Waals surface area contributed by atoms with Crippen LogP contribution in [-0.4, -0.2) is 19.7 Å². The number of benzene rings is 1. The zero-order valence-corrected chi connectivity index (χ0v) is 11.9. The van der Waals surface area contributed by atoms with Crippen LogP contribution < -0.4 is 5.43 Å². The van der Waals surface area contributed by atoms with Crippen LogP contribution in [0.3, 0.4) is 0 Å². The molecule has 2 aromatic heterocycles. The Labute approximate surface area is 128 Å². The second-order valence-electron chi connectivity index (χ2n) is 4.98. The number of halogens is 3. The SMILES string of the molecule is Cn1cc(-c2cccc(C(F)(F)F)c2)c(=O)c(-c2nc[nH]n2)c1. The number of pyridine rings is 1. The maximum Gasteiger partial charge on any atom is 0.416 e. The number of nitrogens with zero attached hydrogens (tertiary/aromatic N) is 3. The van der Waals surface area contributed by atoms with E-state index >= 15 is 0 Å². The number of nitrogens with one attached hydrogen (secondary N) is 1. The Morgan fingerprint density at radius 3 is 2.57 bits per heavy atom. The van der Waals surface area contributed by atoms with Gasteiger partial charge in [0.2, 0.25) is 0 Å². The molecule has 0 atom stereocenters. The molecule has 23 heavy (non-hydrogen) atoms. The minimum atomic E-state index is -4.47. The second-order valence-corrected chi connectivity index (χ2v) is 4.98. The van der Waals surface area contributed by atoms with E-state index in [2.05, 4.69) is 15.2 Å². The quantitative estimate of drug-likeness (QED) is 0.790. The standard InChI is InChI=1S/C15H11F3N4O/c1-22-6-11(9-3-2-4-10(5-9)15(16,17)18)13(23)12(7-22)14-19-8-20-21-14/h2-8H,1H3,(H,19,20,21). The van der Waals surface area contributed by atoms with Gasteiger partial charge in [-0.3, -0.25) is 9.89 Å². The molecule has 118 valence electrons. The molecule has 0 aliphatic carbocycles. The molecule has 0 saturated heterocycles.